The van der Waals surface area contributed by atoms with Gasteiger partial charge in [-0.15, -0.1) is 0 Å². The van der Waals surface area contributed by atoms with Crippen LogP contribution in [-0.2, 0) is 4.79 Å². The standard InChI is InChI=1S/C13H16ClN3O/c14-10-6-5-9-11(16-10)17-13(12(18)15-9)7-3-1-2-4-8-13/h5-6H,1-4,7-8H2,(H,15,18)(H,16,17). The van der Waals surface area contributed by atoms with Crippen LogP contribution < -0.4 is 10.6 Å². The maximum Gasteiger partial charge on any atom is 0.250 e. The Morgan fingerprint density at radius 3 is 2.61 bits per heavy atom. The van der Waals surface area contributed by atoms with Gasteiger partial charge in [-0.1, -0.05) is 37.3 Å². The van der Waals surface area contributed by atoms with Gasteiger partial charge in [0.2, 0.25) is 5.91 Å². The van der Waals surface area contributed by atoms with Crippen LogP contribution in [0.4, 0.5) is 11.5 Å². The van der Waals surface area contributed by atoms with Crippen LogP contribution in [0.2, 0.25) is 5.15 Å². The van der Waals surface area contributed by atoms with Crippen molar-refractivity contribution < 1.29 is 4.79 Å². The zero-order valence-corrected chi connectivity index (χ0v) is 10.9. The average Bonchev–Trinajstić information content (AvgIpc) is 2.58. The lowest BCUT2D eigenvalue weighted by atomic mass is 9.87. The molecular formula is C13H16ClN3O. The van der Waals surface area contributed by atoms with Gasteiger partial charge in [0.25, 0.3) is 0 Å². The highest BCUT2D eigenvalue weighted by molar-refractivity contribution is 6.29. The molecule has 3 rings (SSSR count). The molecule has 1 saturated carbocycles. The molecule has 1 spiro atoms. The first kappa shape index (κ1) is 11.8. The Kier molecular flexibility index (Phi) is 2.90. The number of nitrogens with zero attached hydrogens (tertiary/aromatic N) is 1. The van der Waals surface area contributed by atoms with Crippen LogP contribution in [0, 0.1) is 0 Å². The van der Waals surface area contributed by atoms with Gasteiger partial charge in [-0.2, -0.15) is 0 Å². The molecule has 0 bridgehead atoms. The molecule has 0 unspecified atom stereocenters. The second-order valence-corrected chi connectivity index (χ2v) is 5.49. The minimum atomic E-state index is -0.485. The molecule has 0 saturated heterocycles. The normalized spacial score (nSPS) is 21.7. The number of carbonyl (C=O) groups is 1. The second-order valence-electron chi connectivity index (χ2n) is 5.11. The smallest absolute Gasteiger partial charge is 0.250 e. The van der Waals surface area contributed by atoms with Gasteiger partial charge in [-0.3, -0.25) is 4.79 Å². The fraction of sp³-hybridized carbons (Fsp3) is 0.538. The molecule has 0 radical (unpaired) electrons. The van der Waals surface area contributed by atoms with E-state index in [-0.39, 0.29) is 5.91 Å². The van der Waals surface area contributed by atoms with Crippen molar-refractivity contribution in [2.75, 3.05) is 10.6 Å². The number of hydrogen-bond donors (Lipinski definition) is 2. The number of rotatable bonds is 0. The van der Waals surface area contributed by atoms with E-state index in [1.165, 1.54) is 12.8 Å². The second kappa shape index (κ2) is 4.43. The quantitative estimate of drug-likeness (QED) is 0.709. The molecular weight excluding hydrogens is 250 g/mol. The van der Waals surface area contributed by atoms with E-state index in [9.17, 15) is 4.79 Å². The Morgan fingerprint density at radius 2 is 1.89 bits per heavy atom. The van der Waals surface area contributed by atoms with E-state index in [0.29, 0.717) is 11.0 Å². The van der Waals surface area contributed by atoms with Crippen molar-refractivity contribution in [3.8, 4) is 0 Å². The molecule has 0 aromatic carbocycles. The van der Waals surface area contributed by atoms with Crippen LogP contribution in [0.3, 0.4) is 0 Å². The highest BCUT2D eigenvalue weighted by Crippen LogP contribution is 2.37. The summed E-state index contributed by atoms with van der Waals surface area (Å²) in [6.07, 6.45) is 6.30. The van der Waals surface area contributed by atoms with E-state index >= 15 is 0 Å². The molecule has 2 N–H and O–H groups in total. The summed E-state index contributed by atoms with van der Waals surface area (Å²) in [5, 5.41) is 6.73. The number of anilines is 2. The third kappa shape index (κ3) is 1.94. The fourth-order valence-corrected chi connectivity index (χ4v) is 2.99. The molecule has 1 aromatic heterocycles. The van der Waals surface area contributed by atoms with Crippen LogP contribution >= 0.6 is 11.6 Å². The van der Waals surface area contributed by atoms with E-state index in [4.69, 9.17) is 11.6 Å². The average molecular weight is 266 g/mol. The van der Waals surface area contributed by atoms with Crippen molar-refractivity contribution in [2.45, 2.75) is 44.1 Å². The van der Waals surface area contributed by atoms with Crippen molar-refractivity contribution >= 4 is 29.0 Å². The van der Waals surface area contributed by atoms with Gasteiger partial charge in [0, 0.05) is 0 Å². The number of nitrogens with one attached hydrogen (secondary N) is 2. The summed E-state index contributed by atoms with van der Waals surface area (Å²) in [5.74, 6) is 0.769. The summed E-state index contributed by atoms with van der Waals surface area (Å²) >= 11 is 5.91. The van der Waals surface area contributed by atoms with Gasteiger partial charge in [0.05, 0.1) is 5.69 Å². The third-order valence-electron chi connectivity index (χ3n) is 3.86. The minimum Gasteiger partial charge on any atom is -0.354 e. The maximum absolute atomic E-state index is 12.3. The minimum absolute atomic E-state index is 0.0704. The van der Waals surface area contributed by atoms with Crippen molar-refractivity contribution in [3.05, 3.63) is 17.3 Å². The van der Waals surface area contributed by atoms with Gasteiger partial charge in [-0.05, 0) is 25.0 Å². The van der Waals surface area contributed by atoms with Crippen molar-refractivity contribution in [1.29, 1.82) is 0 Å². The van der Waals surface area contributed by atoms with Crippen molar-refractivity contribution in [2.24, 2.45) is 0 Å². The predicted octanol–water partition coefficient (Wildman–Crippen LogP) is 3.19. The number of amides is 1. The molecule has 1 fully saturated rings. The molecule has 2 heterocycles. The molecule has 1 aliphatic carbocycles. The van der Waals surface area contributed by atoms with E-state index < -0.39 is 5.54 Å². The SMILES string of the molecule is O=C1Nc2ccc(Cl)nc2NC12CCCCCC2. The first-order valence-electron chi connectivity index (χ1n) is 6.46. The molecule has 5 heteroatoms. The van der Waals surface area contributed by atoms with E-state index in [1.54, 1.807) is 12.1 Å². The zero-order valence-electron chi connectivity index (χ0n) is 10.1. The van der Waals surface area contributed by atoms with Crippen LogP contribution in [0.5, 0.6) is 0 Å². The monoisotopic (exact) mass is 265 g/mol. The Bertz CT molecular complexity index is 481. The molecule has 0 atom stereocenters. The summed E-state index contributed by atoms with van der Waals surface area (Å²) in [6, 6.07) is 3.48. The maximum atomic E-state index is 12.3. The molecule has 2 aliphatic rings. The Balaban J connectivity index is 1.96. The lowest BCUT2D eigenvalue weighted by Crippen LogP contribution is -2.52. The van der Waals surface area contributed by atoms with E-state index in [2.05, 4.69) is 15.6 Å². The number of pyridine rings is 1. The predicted molar refractivity (Wildman–Crippen MR) is 71.9 cm³/mol. The number of aromatic nitrogens is 1. The van der Waals surface area contributed by atoms with Gasteiger partial charge in [0.1, 0.15) is 10.7 Å². The van der Waals surface area contributed by atoms with Crippen LogP contribution in [0.15, 0.2) is 12.1 Å². The van der Waals surface area contributed by atoms with Gasteiger partial charge in [0.15, 0.2) is 5.82 Å². The van der Waals surface area contributed by atoms with Gasteiger partial charge >= 0.3 is 0 Å². The largest absolute Gasteiger partial charge is 0.354 e. The number of hydrogen-bond acceptors (Lipinski definition) is 3. The zero-order chi connectivity index (χ0) is 12.6. The fourth-order valence-electron chi connectivity index (χ4n) is 2.84. The Labute approximate surface area is 111 Å². The van der Waals surface area contributed by atoms with Crippen LogP contribution in [-0.4, -0.2) is 16.4 Å². The summed E-state index contributed by atoms with van der Waals surface area (Å²) in [5.41, 5.74) is 0.237. The summed E-state index contributed by atoms with van der Waals surface area (Å²) in [6.45, 7) is 0. The summed E-state index contributed by atoms with van der Waals surface area (Å²) < 4.78 is 0. The summed E-state index contributed by atoms with van der Waals surface area (Å²) in [4.78, 5) is 16.6. The van der Waals surface area contributed by atoms with Crippen LogP contribution in [0.1, 0.15) is 38.5 Å². The van der Waals surface area contributed by atoms with E-state index in [0.717, 1.165) is 31.4 Å². The molecule has 4 nitrogen and oxygen atoms in total. The highest BCUT2D eigenvalue weighted by Gasteiger charge is 2.42. The lowest BCUT2D eigenvalue weighted by molar-refractivity contribution is -0.121. The Hall–Kier alpha value is -1.29. The Morgan fingerprint density at radius 1 is 1.17 bits per heavy atom. The first-order chi connectivity index (χ1) is 8.70. The molecule has 18 heavy (non-hydrogen) atoms. The number of fused-ring (bicyclic) bond motifs is 1. The summed E-state index contributed by atoms with van der Waals surface area (Å²) in [7, 11) is 0. The molecule has 1 aromatic rings. The van der Waals surface area contributed by atoms with Crippen molar-refractivity contribution in [1.82, 2.24) is 4.98 Å². The molecule has 1 aliphatic heterocycles. The topological polar surface area (TPSA) is 54.0 Å². The highest BCUT2D eigenvalue weighted by atomic mass is 35.5. The number of carbonyl (C=O) groups excluding carboxylic acids is 1. The van der Waals surface area contributed by atoms with Crippen molar-refractivity contribution in [3.63, 3.8) is 0 Å². The first-order valence-corrected chi connectivity index (χ1v) is 6.84. The van der Waals surface area contributed by atoms with Gasteiger partial charge in [-0.25, -0.2) is 4.98 Å². The molecule has 96 valence electrons. The third-order valence-corrected chi connectivity index (χ3v) is 4.07. The number of halogens is 1. The lowest BCUT2D eigenvalue weighted by Gasteiger charge is -2.37. The van der Waals surface area contributed by atoms with Crippen LogP contribution in [0.25, 0.3) is 0 Å². The van der Waals surface area contributed by atoms with Gasteiger partial charge < -0.3 is 10.6 Å². The molecule has 1 amide bonds. The van der Waals surface area contributed by atoms with E-state index in [1.807, 2.05) is 0 Å².